The molecule has 116 valence electrons. The lowest BCUT2D eigenvalue weighted by Gasteiger charge is -2.35. The fourth-order valence-corrected chi connectivity index (χ4v) is 3.19. The molecule has 0 aliphatic carbocycles. The molecule has 0 amide bonds. The number of carbonyl (C=O) groups is 1. The zero-order chi connectivity index (χ0) is 15.5. The summed E-state index contributed by atoms with van der Waals surface area (Å²) in [5.41, 5.74) is 3.59. The van der Waals surface area contributed by atoms with Crippen LogP contribution in [-0.4, -0.2) is 27.4 Å². The number of para-hydroxylation sites is 1. The molecule has 1 aromatic carbocycles. The summed E-state index contributed by atoms with van der Waals surface area (Å²) in [6, 6.07) is 10.4. The van der Waals surface area contributed by atoms with Crippen molar-refractivity contribution in [1.82, 2.24) is 9.78 Å². The number of hydrogen-bond acceptors (Lipinski definition) is 3. The molecule has 22 heavy (non-hydrogen) atoms. The van der Waals surface area contributed by atoms with Crippen molar-refractivity contribution in [3.63, 3.8) is 0 Å². The molecule has 1 aromatic heterocycles. The first-order valence-electron chi connectivity index (χ1n) is 7.65. The van der Waals surface area contributed by atoms with Crippen molar-refractivity contribution in [3.05, 3.63) is 47.8 Å². The van der Waals surface area contributed by atoms with Crippen molar-refractivity contribution in [2.24, 2.45) is 13.0 Å². The van der Waals surface area contributed by atoms with Crippen molar-refractivity contribution < 1.29 is 9.90 Å². The summed E-state index contributed by atoms with van der Waals surface area (Å²) >= 11 is 0. The molecule has 1 aliphatic heterocycles. The molecule has 5 heteroatoms. The highest BCUT2D eigenvalue weighted by Crippen LogP contribution is 2.32. The molecule has 0 bridgehead atoms. The summed E-state index contributed by atoms with van der Waals surface area (Å²) in [5.74, 6) is -0.329. The normalized spacial score (nSPS) is 17.3. The molecule has 1 atom stereocenters. The smallest absolute Gasteiger partial charge is 0.303 e. The van der Waals surface area contributed by atoms with E-state index in [4.69, 9.17) is 5.11 Å². The largest absolute Gasteiger partial charge is 0.481 e. The topological polar surface area (TPSA) is 58.4 Å². The van der Waals surface area contributed by atoms with Crippen LogP contribution in [0.3, 0.4) is 0 Å². The Hall–Kier alpha value is -2.30. The van der Waals surface area contributed by atoms with Crippen LogP contribution in [0.1, 0.15) is 24.1 Å². The maximum Gasteiger partial charge on any atom is 0.303 e. The molecule has 1 aliphatic rings. The van der Waals surface area contributed by atoms with E-state index in [9.17, 15) is 4.79 Å². The van der Waals surface area contributed by atoms with Gasteiger partial charge in [-0.2, -0.15) is 5.10 Å². The lowest BCUT2D eigenvalue weighted by Crippen LogP contribution is -2.35. The first-order chi connectivity index (χ1) is 10.6. The maximum atomic E-state index is 10.8. The van der Waals surface area contributed by atoms with Crippen molar-refractivity contribution in [1.29, 1.82) is 0 Å². The Bertz CT molecular complexity index is 665. The van der Waals surface area contributed by atoms with E-state index in [0.717, 1.165) is 31.6 Å². The minimum absolute atomic E-state index is 0.240. The summed E-state index contributed by atoms with van der Waals surface area (Å²) < 4.78 is 1.81. The highest BCUT2D eigenvalue weighted by atomic mass is 16.4. The predicted octanol–water partition coefficient (Wildman–Crippen LogP) is 2.46. The van der Waals surface area contributed by atoms with Gasteiger partial charge in [-0.25, -0.2) is 0 Å². The van der Waals surface area contributed by atoms with Gasteiger partial charge < -0.3 is 10.0 Å². The summed E-state index contributed by atoms with van der Waals surface area (Å²) in [5, 5.41) is 13.4. The predicted molar refractivity (Wildman–Crippen MR) is 84.8 cm³/mol. The Labute approximate surface area is 130 Å². The summed E-state index contributed by atoms with van der Waals surface area (Å²) in [7, 11) is 1.92. The van der Waals surface area contributed by atoms with Gasteiger partial charge >= 0.3 is 5.97 Å². The van der Waals surface area contributed by atoms with Crippen molar-refractivity contribution >= 4 is 11.7 Å². The second-order valence-electron chi connectivity index (χ2n) is 5.99. The molecule has 0 radical (unpaired) electrons. The molecule has 5 nitrogen and oxygen atoms in total. The van der Waals surface area contributed by atoms with Gasteiger partial charge in [0.25, 0.3) is 0 Å². The second-order valence-corrected chi connectivity index (χ2v) is 5.99. The molecule has 1 N–H and O–H groups in total. The van der Waals surface area contributed by atoms with E-state index in [1.165, 1.54) is 11.3 Å². The Morgan fingerprint density at radius 2 is 2.18 bits per heavy atom. The lowest BCUT2D eigenvalue weighted by atomic mass is 9.89. The Balaban J connectivity index is 1.79. The molecule has 0 saturated heterocycles. The van der Waals surface area contributed by atoms with Gasteiger partial charge in [0.2, 0.25) is 0 Å². The van der Waals surface area contributed by atoms with E-state index < -0.39 is 5.97 Å². The van der Waals surface area contributed by atoms with Crippen molar-refractivity contribution in [3.8, 4) is 0 Å². The van der Waals surface area contributed by atoms with Crippen molar-refractivity contribution in [2.75, 3.05) is 11.4 Å². The molecule has 0 saturated carbocycles. The van der Waals surface area contributed by atoms with E-state index in [-0.39, 0.29) is 6.42 Å². The molecule has 2 aromatic rings. The van der Waals surface area contributed by atoms with E-state index in [0.29, 0.717) is 5.92 Å². The number of aryl methyl sites for hydroxylation is 1. The number of fused-ring (bicyclic) bond motifs is 1. The van der Waals surface area contributed by atoms with Gasteiger partial charge in [-0.15, -0.1) is 0 Å². The first kappa shape index (κ1) is 14.6. The number of rotatable bonds is 5. The molecule has 0 spiro atoms. The minimum atomic E-state index is -0.713. The van der Waals surface area contributed by atoms with Gasteiger partial charge in [0.15, 0.2) is 0 Å². The molecule has 1 unspecified atom stereocenters. The fraction of sp³-hybridized carbons (Fsp3) is 0.412. The van der Waals surface area contributed by atoms with Crippen LogP contribution in [0, 0.1) is 5.92 Å². The highest BCUT2D eigenvalue weighted by Gasteiger charge is 2.25. The zero-order valence-corrected chi connectivity index (χ0v) is 12.8. The SMILES string of the molecule is Cn1ccc(CN2CC(CCC(=O)O)Cc3ccccc32)n1. The first-order valence-corrected chi connectivity index (χ1v) is 7.65. The summed E-state index contributed by atoms with van der Waals surface area (Å²) in [6.07, 6.45) is 3.88. The standard InChI is InChI=1S/C17H21N3O2/c1-19-9-8-15(18-19)12-20-11-13(6-7-17(21)22)10-14-4-2-3-5-16(14)20/h2-5,8-9,13H,6-7,10-12H2,1H3,(H,21,22). The molecule has 0 fully saturated rings. The number of carboxylic acid groups (broad SMARTS) is 1. The average molecular weight is 299 g/mol. The summed E-state index contributed by atoms with van der Waals surface area (Å²) in [4.78, 5) is 13.2. The van der Waals surface area contributed by atoms with Crippen LogP contribution in [0.25, 0.3) is 0 Å². The number of carboxylic acids is 1. The fourth-order valence-electron chi connectivity index (χ4n) is 3.19. The van der Waals surface area contributed by atoms with Gasteiger partial charge in [0.1, 0.15) is 0 Å². The third-order valence-electron chi connectivity index (χ3n) is 4.21. The van der Waals surface area contributed by atoms with Crippen LogP contribution in [-0.2, 0) is 24.8 Å². The Morgan fingerprint density at radius 1 is 1.36 bits per heavy atom. The van der Waals surface area contributed by atoms with E-state index >= 15 is 0 Å². The third kappa shape index (κ3) is 3.30. The molecular weight excluding hydrogens is 278 g/mol. The summed E-state index contributed by atoms with van der Waals surface area (Å²) in [6.45, 7) is 1.66. The third-order valence-corrected chi connectivity index (χ3v) is 4.21. The Morgan fingerprint density at radius 3 is 2.91 bits per heavy atom. The molecular formula is C17H21N3O2. The van der Waals surface area contributed by atoms with Crippen LogP contribution in [0.5, 0.6) is 0 Å². The second kappa shape index (κ2) is 6.22. The Kier molecular flexibility index (Phi) is 4.13. The lowest BCUT2D eigenvalue weighted by molar-refractivity contribution is -0.137. The van der Waals surface area contributed by atoms with Gasteiger partial charge in [-0.1, -0.05) is 18.2 Å². The zero-order valence-electron chi connectivity index (χ0n) is 12.8. The quantitative estimate of drug-likeness (QED) is 0.921. The van der Waals surface area contributed by atoms with Crippen LogP contribution in [0.4, 0.5) is 5.69 Å². The molecule has 3 rings (SSSR count). The maximum absolute atomic E-state index is 10.8. The number of aromatic nitrogens is 2. The van der Waals surface area contributed by atoms with E-state index in [2.05, 4.69) is 34.3 Å². The molecule has 2 heterocycles. The van der Waals surface area contributed by atoms with E-state index in [1.54, 1.807) is 0 Å². The monoisotopic (exact) mass is 299 g/mol. The average Bonchev–Trinajstić information content (AvgIpc) is 2.90. The van der Waals surface area contributed by atoms with Gasteiger partial charge in [0, 0.05) is 31.9 Å². The van der Waals surface area contributed by atoms with Crippen LogP contribution in [0.2, 0.25) is 0 Å². The van der Waals surface area contributed by atoms with Crippen LogP contribution >= 0.6 is 0 Å². The number of nitrogens with zero attached hydrogens (tertiary/aromatic N) is 3. The number of hydrogen-bond donors (Lipinski definition) is 1. The number of aliphatic carboxylic acids is 1. The van der Waals surface area contributed by atoms with Gasteiger partial charge in [-0.3, -0.25) is 9.48 Å². The van der Waals surface area contributed by atoms with Crippen LogP contribution in [0.15, 0.2) is 36.5 Å². The number of anilines is 1. The van der Waals surface area contributed by atoms with Crippen LogP contribution < -0.4 is 4.90 Å². The van der Waals surface area contributed by atoms with E-state index in [1.807, 2.05) is 24.0 Å². The van der Waals surface area contributed by atoms with Crippen molar-refractivity contribution in [2.45, 2.75) is 25.8 Å². The highest BCUT2D eigenvalue weighted by molar-refractivity contribution is 5.66. The van der Waals surface area contributed by atoms with Gasteiger partial charge in [0.05, 0.1) is 12.2 Å². The number of benzene rings is 1. The van der Waals surface area contributed by atoms with Gasteiger partial charge in [-0.05, 0) is 36.5 Å². The minimum Gasteiger partial charge on any atom is -0.481 e.